The van der Waals surface area contributed by atoms with Crippen molar-refractivity contribution in [2.24, 2.45) is 0 Å². The van der Waals surface area contributed by atoms with E-state index in [0.29, 0.717) is 5.56 Å². The number of non-ortho nitro benzene ring substituents is 1. The Hall–Kier alpha value is -3.75. The number of nitrogens with zero attached hydrogens (tertiary/aromatic N) is 2. The summed E-state index contributed by atoms with van der Waals surface area (Å²) in [6.45, 7) is 3.10. The topological polar surface area (TPSA) is 122 Å². The molecule has 3 rings (SSSR count). The summed E-state index contributed by atoms with van der Waals surface area (Å²) in [6.07, 6.45) is 1.57. The van der Waals surface area contributed by atoms with Gasteiger partial charge in [0.05, 0.1) is 11.0 Å². The standard InChI is InChI=1S/C22H24N4O5/c1-3-7-18(15-8-5-4-6-9-15)23-19(27)14-25-20(28)22(2,24-21(25)29)16-10-12-17(13-11-16)26(30)31/h4-6,8-13,18H,3,7,14H2,1-2H3,(H,23,27)(H,24,29). The maximum Gasteiger partial charge on any atom is 0.325 e. The lowest BCUT2D eigenvalue weighted by molar-refractivity contribution is -0.384. The van der Waals surface area contributed by atoms with Crippen molar-refractivity contribution in [1.29, 1.82) is 0 Å². The van der Waals surface area contributed by atoms with Gasteiger partial charge in [0.25, 0.3) is 11.6 Å². The molecule has 1 fully saturated rings. The van der Waals surface area contributed by atoms with Crippen LogP contribution in [0.3, 0.4) is 0 Å². The van der Waals surface area contributed by atoms with E-state index in [1.807, 2.05) is 37.3 Å². The third kappa shape index (κ3) is 4.55. The van der Waals surface area contributed by atoms with Crippen LogP contribution >= 0.6 is 0 Å². The highest BCUT2D eigenvalue weighted by molar-refractivity contribution is 6.09. The minimum atomic E-state index is -1.41. The van der Waals surface area contributed by atoms with Crippen molar-refractivity contribution in [3.05, 3.63) is 75.8 Å². The van der Waals surface area contributed by atoms with Crippen LogP contribution in [0.25, 0.3) is 0 Å². The molecular formula is C22H24N4O5. The first kappa shape index (κ1) is 21.9. The average molecular weight is 424 g/mol. The van der Waals surface area contributed by atoms with Gasteiger partial charge in [-0.15, -0.1) is 0 Å². The van der Waals surface area contributed by atoms with Crippen molar-refractivity contribution in [1.82, 2.24) is 15.5 Å². The molecular weight excluding hydrogens is 400 g/mol. The Kier molecular flexibility index (Phi) is 6.33. The largest absolute Gasteiger partial charge is 0.348 e. The SMILES string of the molecule is CCCC(NC(=O)CN1C(=O)NC(C)(c2ccc([N+](=O)[O-])cc2)C1=O)c1ccccc1. The van der Waals surface area contributed by atoms with Crippen LogP contribution in [0.5, 0.6) is 0 Å². The Morgan fingerprint density at radius 2 is 1.81 bits per heavy atom. The molecule has 1 heterocycles. The molecule has 9 nitrogen and oxygen atoms in total. The number of carbonyl (C=O) groups excluding carboxylic acids is 3. The number of carbonyl (C=O) groups is 3. The van der Waals surface area contributed by atoms with Crippen LogP contribution in [-0.4, -0.2) is 34.2 Å². The van der Waals surface area contributed by atoms with E-state index < -0.39 is 34.9 Å². The Balaban J connectivity index is 1.73. The number of imide groups is 1. The Bertz CT molecular complexity index is 993. The number of nitrogens with one attached hydrogen (secondary N) is 2. The minimum Gasteiger partial charge on any atom is -0.348 e. The Morgan fingerprint density at radius 1 is 1.16 bits per heavy atom. The van der Waals surface area contributed by atoms with E-state index in [0.717, 1.165) is 23.3 Å². The molecule has 0 aliphatic carbocycles. The molecule has 1 saturated heterocycles. The maximum absolute atomic E-state index is 13.0. The minimum absolute atomic E-state index is 0.122. The monoisotopic (exact) mass is 424 g/mol. The number of nitro groups is 1. The van der Waals surface area contributed by atoms with Gasteiger partial charge in [-0.25, -0.2) is 4.79 Å². The molecule has 0 saturated carbocycles. The first-order chi connectivity index (χ1) is 14.8. The molecule has 2 atom stereocenters. The summed E-state index contributed by atoms with van der Waals surface area (Å²) >= 11 is 0. The second kappa shape index (κ2) is 8.95. The number of urea groups is 1. The van der Waals surface area contributed by atoms with E-state index in [9.17, 15) is 24.5 Å². The summed E-state index contributed by atoms with van der Waals surface area (Å²) in [6, 6.07) is 14.0. The van der Waals surface area contributed by atoms with E-state index >= 15 is 0 Å². The van der Waals surface area contributed by atoms with Crippen molar-refractivity contribution in [3.8, 4) is 0 Å². The van der Waals surface area contributed by atoms with E-state index in [1.54, 1.807) is 0 Å². The third-order valence-corrected chi connectivity index (χ3v) is 5.35. The van der Waals surface area contributed by atoms with Gasteiger partial charge in [0.2, 0.25) is 5.91 Å². The van der Waals surface area contributed by atoms with Gasteiger partial charge in [-0.05, 0) is 36.6 Å². The second-order valence-electron chi connectivity index (χ2n) is 7.57. The smallest absolute Gasteiger partial charge is 0.325 e. The van der Waals surface area contributed by atoms with Crippen molar-refractivity contribution in [2.75, 3.05) is 6.54 Å². The van der Waals surface area contributed by atoms with Crippen molar-refractivity contribution in [3.63, 3.8) is 0 Å². The van der Waals surface area contributed by atoms with Crippen LogP contribution in [0, 0.1) is 10.1 Å². The summed E-state index contributed by atoms with van der Waals surface area (Å²) in [5.41, 5.74) is -0.185. The molecule has 2 unspecified atom stereocenters. The van der Waals surface area contributed by atoms with Gasteiger partial charge in [0.1, 0.15) is 12.1 Å². The van der Waals surface area contributed by atoms with Crippen LogP contribution in [0.2, 0.25) is 0 Å². The first-order valence-electron chi connectivity index (χ1n) is 9.99. The van der Waals surface area contributed by atoms with Gasteiger partial charge in [-0.2, -0.15) is 0 Å². The highest BCUT2D eigenvalue weighted by Gasteiger charge is 2.49. The molecule has 0 bridgehead atoms. The Morgan fingerprint density at radius 3 is 2.39 bits per heavy atom. The molecule has 2 aromatic carbocycles. The number of nitro benzene ring substituents is 1. The van der Waals surface area contributed by atoms with E-state index in [2.05, 4.69) is 10.6 Å². The lowest BCUT2D eigenvalue weighted by atomic mass is 9.92. The zero-order valence-corrected chi connectivity index (χ0v) is 17.3. The quantitative estimate of drug-likeness (QED) is 0.383. The third-order valence-electron chi connectivity index (χ3n) is 5.35. The molecule has 31 heavy (non-hydrogen) atoms. The molecule has 1 aliphatic heterocycles. The van der Waals surface area contributed by atoms with Gasteiger partial charge in [-0.3, -0.25) is 24.6 Å². The molecule has 162 valence electrons. The van der Waals surface area contributed by atoms with Gasteiger partial charge in [0, 0.05) is 12.1 Å². The van der Waals surface area contributed by atoms with Gasteiger partial charge >= 0.3 is 6.03 Å². The summed E-state index contributed by atoms with van der Waals surface area (Å²) in [7, 11) is 0. The van der Waals surface area contributed by atoms with Crippen LogP contribution in [0.15, 0.2) is 54.6 Å². The highest BCUT2D eigenvalue weighted by atomic mass is 16.6. The predicted octanol–water partition coefficient (Wildman–Crippen LogP) is 3.02. The van der Waals surface area contributed by atoms with E-state index in [-0.39, 0.29) is 11.7 Å². The maximum atomic E-state index is 13.0. The normalized spacial score (nSPS) is 19.1. The van der Waals surface area contributed by atoms with Crippen LogP contribution in [0.4, 0.5) is 10.5 Å². The van der Waals surface area contributed by atoms with E-state index in [4.69, 9.17) is 0 Å². The zero-order valence-electron chi connectivity index (χ0n) is 17.3. The fraction of sp³-hybridized carbons (Fsp3) is 0.318. The molecule has 4 amide bonds. The number of rotatable bonds is 8. The number of benzene rings is 2. The molecule has 1 aliphatic rings. The molecule has 2 N–H and O–H groups in total. The van der Waals surface area contributed by atoms with E-state index in [1.165, 1.54) is 31.2 Å². The number of hydrogen-bond donors (Lipinski definition) is 2. The molecule has 9 heteroatoms. The lowest BCUT2D eigenvalue weighted by Gasteiger charge is -2.23. The summed E-state index contributed by atoms with van der Waals surface area (Å²) < 4.78 is 0. The predicted molar refractivity (Wildman–Crippen MR) is 113 cm³/mol. The average Bonchev–Trinajstić information content (AvgIpc) is 2.98. The summed E-state index contributed by atoms with van der Waals surface area (Å²) in [4.78, 5) is 49.3. The van der Waals surface area contributed by atoms with Gasteiger partial charge in [0.15, 0.2) is 0 Å². The summed E-state index contributed by atoms with van der Waals surface area (Å²) in [5, 5.41) is 16.4. The zero-order chi connectivity index (χ0) is 22.6. The highest BCUT2D eigenvalue weighted by Crippen LogP contribution is 2.30. The van der Waals surface area contributed by atoms with Crippen molar-refractivity contribution in [2.45, 2.75) is 38.3 Å². The van der Waals surface area contributed by atoms with Crippen molar-refractivity contribution >= 4 is 23.5 Å². The molecule has 0 radical (unpaired) electrons. The van der Waals surface area contributed by atoms with Gasteiger partial charge in [-0.1, -0.05) is 43.7 Å². The fourth-order valence-electron chi connectivity index (χ4n) is 3.63. The second-order valence-corrected chi connectivity index (χ2v) is 7.57. The van der Waals surface area contributed by atoms with Gasteiger partial charge < -0.3 is 10.6 Å². The molecule has 0 aromatic heterocycles. The first-order valence-corrected chi connectivity index (χ1v) is 9.99. The fourth-order valence-corrected chi connectivity index (χ4v) is 3.63. The van der Waals surface area contributed by atoms with Crippen molar-refractivity contribution < 1.29 is 19.3 Å². The summed E-state index contributed by atoms with van der Waals surface area (Å²) in [5.74, 6) is -1.04. The lowest BCUT2D eigenvalue weighted by Crippen LogP contribution is -2.43. The van der Waals surface area contributed by atoms with Crippen LogP contribution in [0.1, 0.15) is 43.9 Å². The Labute approximate surface area is 179 Å². The number of hydrogen-bond acceptors (Lipinski definition) is 5. The van der Waals surface area contributed by atoms with Crippen LogP contribution < -0.4 is 10.6 Å². The number of amides is 4. The van der Waals surface area contributed by atoms with Crippen LogP contribution in [-0.2, 0) is 15.1 Å². The molecule has 2 aromatic rings. The molecule has 0 spiro atoms.